The molecule has 19 heavy (non-hydrogen) atoms. The van der Waals surface area contributed by atoms with Gasteiger partial charge in [0.1, 0.15) is 0 Å². The maximum atomic E-state index is 4.48. The standard InChI is InChI=1S/C15H24N4/c1-4-7-16-10-14-6-8-18(11-14)12-15-9-13(3)17-19(15)5-2/h6,8-9,11,16H,4-5,7,10,12H2,1-3H3. The van der Waals surface area contributed by atoms with Gasteiger partial charge in [0.2, 0.25) is 0 Å². The summed E-state index contributed by atoms with van der Waals surface area (Å²) in [5.74, 6) is 0. The van der Waals surface area contributed by atoms with Crippen molar-refractivity contribution in [2.45, 2.75) is 46.8 Å². The number of aromatic nitrogens is 3. The lowest BCUT2D eigenvalue weighted by molar-refractivity contribution is 0.597. The molecule has 2 aromatic rings. The highest BCUT2D eigenvalue weighted by Crippen LogP contribution is 2.08. The molecule has 0 unspecified atom stereocenters. The summed E-state index contributed by atoms with van der Waals surface area (Å²) in [6.45, 7) is 10.2. The molecule has 0 saturated heterocycles. The molecule has 2 aromatic heterocycles. The first-order chi connectivity index (χ1) is 9.22. The largest absolute Gasteiger partial charge is 0.348 e. The Balaban J connectivity index is 1.99. The number of nitrogens with zero attached hydrogens (tertiary/aromatic N) is 3. The van der Waals surface area contributed by atoms with E-state index in [4.69, 9.17) is 0 Å². The van der Waals surface area contributed by atoms with Crippen molar-refractivity contribution in [2.24, 2.45) is 0 Å². The predicted octanol–water partition coefficient (Wildman–Crippen LogP) is 2.56. The highest BCUT2D eigenvalue weighted by Gasteiger charge is 2.05. The van der Waals surface area contributed by atoms with Gasteiger partial charge in [-0.15, -0.1) is 0 Å². The van der Waals surface area contributed by atoms with E-state index in [1.165, 1.54) is 17.7 Å². The minimum Gasteiger partial charge on any atom is -0.348 e. The van der Waals surface area contributed by atoms with Crippen LogP contribution < -0.4 is 5.32 Å². The Bertz CT molecular complexity index is 510. The van der Waals surface area contributed by atoms with Crippen LogP contribution in [-0.2, 0) is 19.6 Å². The van der Waals surface area contributed by atoms with Crippen LogP contribution in [0.1, 0.15) is 37.2 Å². The zero-order valence-electron chi connectivity index (χ0n) is 12.2. The summed E-state index contributed by atoms with van der Waals surface area (Å²) in [4.78, 5) is 0. The molecule has 0 aliphatic carbocycles. The van der Waals surface area contributed by atoms with Crippen LogP contribution in [-0.4, -0.2) is 20.9 Å². The Kier molecular flexibility index (Phi) is 4.80. The summed E-state index contributed by atoms with van der Waals surface area (Å²) < 4.78 is 4.30. The fraction of sp³-hybridized carbons (Fsp3) is 0.533. The second-order valence-electron chi connectivity index (χ2n) is 4.96. The van der Waals surface area contributed by atoms with E-state index < -0.39 is 0 Å². The van der Waals surface area contributed by atoms with Crippen molar-refractivity contribution in [3.05, 3.63) is 41.5 Å². The molecule has 2 heterocycles. The summed E-state index contributed by atoms with van der Waals surface area (Å²) in [7, 11) is 0. The topological polar surface area (TPSA) is 34.8 Å². The molecule has 0 aliphatic heterocycles. The van der Waals surface area contributed by atoms with Crippen molar-refractivity contribution < 1.29 is 0 Å². The third-order valence-electron chi connectivity index (χ3n) is 3.20. The van der Waals surface area contributed by atoms with E-state index in [1.807, 2.05) is 6.92 Å². The molecule has 0 aliphatic rings. The van der Waals surface area contributed by atoms with Gasteiger partial charge in [0.05, 0.1) is 17.9 Å². The van der Waals surface area contributed by atoms with Gasteiger partial charge in [0.15, 0.2) is 0 Å². The Morgan fingerprint density at radius 3 is 2.89 bits per heavy atom. The molecule has 104 valence electrons. The van der Waals surface area contributed by atoms with Crippen molar-refractivity contribution in [2.75, 3.05) is 6.54 Å². The van der Waals surface area contributed by atoms with Crippen LogP contribution in [0.3, 0.4) is 0 Å². The van der Waals surface area contributed by atoms with Crippen molar-refractivity contribution in [1.82, 2.24) is 19.7 Å². The van der Waals surface area contributed by atoms with Crippen LogP contribution in [0, 0.1) is 6.92 Å². The maximum Gasteiger partial charge on any atom is 0.0639 e. The Morgan fingerprint density at radius 1 is 1.32 bits per heavy atom. The fourth-order valence-corrected chi connectivity index (χ4v) is 2.29. The number of hydrogen-bond donors (Lipinski definition) is 1. The zero-order chi connectivity index (χ0) is 13.7. The molecule has 1 N–H and O–H groups in total. The van der Waals surface area contributed by atoms with Crippen LogP contribution >= 0.6 is 0 Å². The van der Waals surface area contributed by atoms with E-state index >= 15 is 0 Å². The Morgan fingerprint density at radius 2 is 2.16 bits per heavy atom. The first-order valence-electron chi connectivity index (χ1n) is 7.11. The SMILES string of the molecule is CCCNCc1ccn(Cc2cc(C)nn2CC)c1. The molecule has 0 bridgehead atoms. The average Bonchev–Trinajstić information content (AvgIpc) is 2.97. The van der Waals surface area contributed by atoms with Gasteiger partial charge in [0.25, 0.3) is 0 Å². The lowest BCUT2D eigenvalue weighted by atomic mass is 10.3. The lowest BCUT2D eigenvalue weighted by Crippen LogP contribution is -2.13. The van der Waals surface area contributed by atoms with E-state index in [0.29, 0.717) is 0 Å². The molecule has 0 spiro atoms. The molecule has 4 heteroatoms. The number of nitrogens with one attached hydrogen (secondary N) is 1. The molecule has 0 saturated carbocycles. The summed E-state index contributed by atoms with van der Waals surface area (Å²) >= 11 is 0. The van der Waals surface area contributed by atoms with Crippen LogP contribution in [0.2, 0.25) is 0 Å². The van der Waals surface area contributed by atoms with E-state index in [-0.39, 0.29) is 0 Å². The molecule has 0 atom stereocenters. The smallest absolute Gasteiger partial charge is 0.0639 e. The van der Waals surface area contributed by atoms with Crippen molar-refractivity contribution >= 4 is 0 Å². The second kappa shape index (κ2) is 6.57. The molecular weight excluding hydrogens is 236 g/mol. The van der Waals surface area contributed by atoms with Gasteiger partial charge in [0, 0.05) is 25.5 Å². The quantitative estimate of drug-likeness (QED) is 0.776. The molecule has 0 fully saturated rings. The van der Waals surface area contributed by atoms with Gasteiger partial charge in [-0.1, -0.05) is 6.92 Å². The van der Waals surface area contributed by atoms with Crippen molar-refractivity contribution in [3.8, 4) is 0 Å². The van der Waals surface area contributed by atoms with Crippen LogP contribution in [0.4, 0.5) is 0 Å². The molecule has 0 aromatic carbocycles. The minimum atomic E-state index is 0.891. The number of aryl methyl sites for hydroxylation is 2. The van der Waals surface area contributed by atoms with Gasteiger partial charge in [-0.2, -0.15) is 5.10 Å². The van der Waals surface area contributed by atoms with E-state index in [1.54, 1.807) is 0 Å². The second-order valence-corrected chi connectivity index (χ2v) is 4.96. The fourth-order valence-electron chi connectivity index (χ4n) is 2.29. The van der Waals surface area contributed by atoms with E-state index in [2.05, 4.69) is 58.0 Å². The van der Waals surface area contributed by atoms with Gasteiger partial charge in [-0.3, -0.25) is 4.68 Å². The molecule has 4 nitrogen and oxygen atoms in total. The molecular formula is C15H24N4. The molecule has 0 radical (unpaired) electrons. The normalized spacial score (nSPS) is 11.1. The van der Waals surface area contributed by atoms with Gasteiger partial charge in [-0.05, 0) is 44.5 Å². The van der Waals surface area contributed by atoms with Crippen LogP contribution in [0.15, 0.2) is 24.5 Å². The van der Waals surface area contributed by atoms with Gasteiger partial charge >= 0.3 is 0 Å². The summed E-state index contributed by atoms with van der Waals surface area (Å²) in [6.07, 6.45) is 5.53. The lowest BCUT2D eigenvalue weighted by Gasteiger charge is -2.05. The third kappa shape index (κ3) is 3.70. The molecule has 2 rings (SSSR count). The van der Waals surface area contributed by atoms with Crippen LogP contribution in [0.5, 0.6) is 0 Å². The average molecular weight is 260 g/mol. The minimum absolute atomic E-state index is 0.891. The van der Waals surface area contributed by atoms with Gasteiger partial charge in [-0.25, -0.2) is 0 Å². The summed E-state index contributed by atoms with van der Waals surface area (Å²) in [5, 5.41) is 7.91. The Labute approximate surface area is 115 Å². The van der Waals surface area contributed by atoms with Crippen molar-refractivity contribution in [1.29, 1.82) is 0 Å². The maximum absolute atomic E-state index is 4.48. The van der Waals surface area contributed by atoms with E-state index in [9.17, 15) is 0 Å². The first kappa shape index (κ1) is 13.9. The highest BCUT2D eigenvalue weighted by molar-refractivity contribution is 5.14. The molecule has 0 amide bonds. The monoisotopic (exact) mass is 260 g/mol. The summed E-state index contributed by atoms with van der Waals surface area (Å²) in [6, 6.07) is 4.35. The number of hydrogen-bond acceptors (Lipinski definition) is 2. The zero-order valence-corrected chi connectivity index (χ0v) is 12.2. The number of rotatable bonds is 7. The highest BCUT2D eigenvalue weighted by atomic mass is 15.3. The van der Waals surface area contributed by atoms with E-state index in [0.717, 1.165) is 31.9 Å². The van der Waals surface area contributed by atoms with Crippen molar-refractivity contribution in [3.63, 3.8) is 0 Å². The summed E-state index contributed by atoms with van der Waals surface area (Å²) in [5.41, 5.74) is 3.70. The Hall–Kier alpha value is -1.55. The third-order valence-corrected chi connectivity index (χ3v) is 3.20. The first-order valence-corrected chi connectivity index (χ1v) is 7.11. The van der Waals surface area contributed by atoms with Crippen LogP contribution in [0.25, 0.3) is 0 Å². The van der Waals surface area contributed by atoms with Gasteiger partial charge < -0.3 is 9.88 Å². The predicted molar refractivity (Wildman–Crippen MR) is 78.2 cm³/mol.